The van der Waals surface area contributed by atoms with E-state index in [9.17, 15) is 22.8 Å². The van der Waals surface area contributed by atoms with Crippen LogP contribution < -0.4 is 4.72 Å². The highest BCUT2D eigenvalue weighted by atomic mass is 32.2. The summed E-state index contributed by atoms with van der Waals surface area (Å²) in [6.45, 7) is 8.28. The number of carbonyl (C=O) groups is 3. The Balaban J connectivity index is 1.54. The number of amides is 3. The first-order valence-corrected chi connectivity index (χ1v) is 12.8. The third-order valence-corrected chi connectivity index (χ3v) is 8.73. The number of likely N-dealkylation sites (tertiary alicyclic amines) is 1. The number of hydrogen-bond donors (Lipinski definition) is 1. The molecule has 2 aliphatic rings. The summed E-state index contributed by atoms with van der Waals surface area (Å²) in [5.41, 5.74) is 3.26. The van der Waals surface area contributed by atoms with Crippen LogP contribution in [0.2, 0.25) is 0 Å². The van der Waals surface area contributed by atoms with Crippen LogP contribution in [-0.2, 0) is 19.6 Å². The average molecular weight is 468 g/mol. The summed E-state index contributed by atoms with van der Waals surface area (Å²) in [5.74, 6) is -0.105. The predicted molar refractivity (Wildman–Crippen MR) is 119 cm³/mol. The van der Waals surface area contributed by atoms with Crippen molar-refractivity contribution >= 4 is 38.8 Å². The molecule has 0 aromatic heterocycles. The van der Waals surface area contributed by atoms with Crippen LogP contribution in [-0.4, -0.2) is 66.7 Å². The molecule has 2 fully saturated rings. The first-order chi connectivity index (χ1) is 14.5. The molecule has 2 aliphatic heterocycles. The smallest absolute Gasteiger partial charge is 0.289 e. The summed E-state index contributed by atoms with van der Waals surface area (Å²) < 4.78 is 28.3. The number of aryl methyl sites for hydroxylation is 2. The van der Waals surface area contributed by atoms with Crippen LogP contribution in [0.5, 0.6) is 0 Å². The minimum Gasteiger partial charge on any atom is -0.343 e. The van der Waals surface area contributed by atoms with Crippen LogP contribution >= 0.6 is 11.8 Å². The molecule has 0 saturated carbocycles. The zero-order valence-corrected chi connectivity index (χ0v) is 20.0. The molecule has 2 saturated heterocycles. The van der Waals surface area contributed by atoms with Gasteiger partial charge in [0.1, 0.15) is 0 Å². The Morgan fingerprint density at radius 2 is 1.68 bits per heavy atom. The second-order valence-electron chi connectivity index (χ2n) is 8.17. The Morgan fingerprint density at radius 1 is 1.10 bits per heavy atom. The number of rotatable bonds is 6. The van der Waals surface area contributed by atoms with Gasteiger partial charge in [-0.25, -0.2) is 13.1 Å². The number of imide groups is 1. The Morgan fingerprint density at radius 3 is 2.19 bits per heavy atom. The third-order valence-electron chi connectivity index (χ3n) is 6.16. The molecule has 0 unspecified atom stereocenters. The van der Waals surface area contributed by atoms with Crippen molar-refractivity contribution in [1.82, 2.24) is 14.5 Å². The topological polar surface area (TPSA) is 104 Å². The lowest BCUT2D eigenvalue weighted by atomic mass is 10.0. The fraction of sp³-hybridized carbons (Fsp3) is 0.571. The molecular formula is C21H29N3O5S2. The van der Waals surface area contributed by atoms with Gasteiger partial charge in [0.25, 0.3) is 5.24 Å². The van der Waals surface area contributed by atoms with Gasteiger partial charge >= 0.3 is 0 Å². The van der Waals surface area contributed by atoms with Crippen LogP contribution in [0.15, 0.2) is 11.0 Å². The maximum Gasteiger partial charge on any atom is 0.289 e. The normalized spacial score (nSPS) is 18.2. The van der Waals surface area contributed by atoms with Crippen molar-refractivity contribution in [2.75, 3.05) is 25.4 Å². The molecule has 170 valence electrons. The van der Waals surface area contributed by atoms with Gasteiger partial charge in [-0.2, -0.15) is 0 Å². The van der Waals surface area contributed by atoms with Gasteiger partial charge in [-0.15, -0.1) is 0 Å². The number of nitrogens with one attached hydrogen (secondary N) is 1. The Bertz CT molecular complexity index is 972. The van der Waals surface area contributed by atoms with E-state index in [1.165, 1.54) is 4.90 Å². The number of hydrogen-bond acceptors (Lipinski definition) is 6. The summed E-state index contributed by atoms with van der Waals surface area (Å²) in [6, 6.07) is 1.81. The molecule has 31 heavy (non-hydrogen) atoms. The van der Waals surface area contributed by atoms with Crippen molar-refractivity contribution in [2.45, 2.75) is 57.9 Å². The number of thioether (sulfide) groups is 1. The van der Waals surface area contributed by atoms with Gasteiger partial charge in [0.2, 0.25) is 21.8 Å². The lowest BCUT2D eigenvalue weighted by molar-refractivity contribution is -0.133. The Labute approximate surface area is 187 Å². The first kappa shape index (κ1) is 23.7. The number of benzene rings is 1. The van der Waals surface area contributed by atoms with Crippen LogP contribution in [0.1, 0.15) is 41.5 Å². The van der Waals surface area contributed by atoms with Gasteiger partial charge in [0, 0.05) is 32.1 Å². The highest BCUT2D eigenvalue weighted by Gasteiger charge is 2.37. The standard InChI is InChI=1S/C21H29N3O5S2/c1-13-11-14(2)16(4)20(15(13)3)31(28,29)22-8-5-18(25)23-9-6-17(7-10-23)24-19(26)12-30-21(24)27/h11,17,22H,5-10,12H2,1-4H3. The fourth-order valence-electron chi connectivity index (χ4n) is 4.20. The van der Waals surface area contributed by atoms with E-state index in [2.05, 4.69) is 4.72 Å². The SMILES string of the molecule is Cc1cc(C)c(C)c(S(=O)(=O)NCCC(=O)N2CCC(N3C(=O)CSC3=O)CC2)c1C. The van der Waals surface area contributed by atoms with Crippen LogP contribution in [0.3, 0.4) is 0 Å². The van der Waals surface area contributed by atoms with Crippen LogP contribution in [0, 0.1) is 27.7 Å². The van der Waals surface area contributed by atoms with Crippen molar-refractivity contribution < 1.29 is 22.8 Å². The molecule has 1 aromatic rings. The zero-order valence-electron chi connectivity index (χ0n) is 18.4. The van der Waals surface area contributed by atoms with E-state index < -0.39 is 10.0 Å². The van der Waals surface area contributed by atoms with E-state index in [1.54, 1.807) is 18.7 Å². The van der Waals surface area contributed by atoms with Gasteiger partial charge in [-0.3, -0.25) is 19.3 Å². The molecular weight excluding hydrogens is 438 g/mol. The summed E-state index contributed by atoms with van der Waals surface area (Å²) in [5, 5.41) is -0.207. The molecule has 1 N–H and O–H groups in total. The lowest BCUT2D eigenvalue weighted by Gasteiger charge is -2.35. The minimum absolute atomic E-state index is 0.0205. The maximum atomic E-state index is 12.9. The minimum atomic E-state index is -3.73. The van der Waals surface area contributed by atoms with Crippen LogP contribution in [0.25, 0.3) is 0 Å². The summed E-state index contributed by atoms with van der Waals surface area (Å²) in [7, 11) is -3.73. The summed E-state index contributed by atoms with van der Waals surface area (Å²) in [4.78, 5) is 39.6. The monoisotopic (exact) mass is 467 g/mol. The molecule has 0 atom stereocenters. The van der Waals surface area contributed by atoms with Crippen molar-refractivity contribution in [2.24, 2.45) is 0 Å². The van der Waals surface area contributed by atoms with Crippen molar-refractivity contribution in [3.05, 3.63) is 28.3 Å². The van der Waals surface area contributed by atoms with E-state index in [-0.39, 0.29) is 46.7 Å². The van der Waals surface area contributed by atoms with Gasteiger partial charge < -0.3 is 4.90 Å². The largest absolute Gasteiger partial charge is 0.343 e. The number of piperidine rings is 1. The van der Waals surface area contributed by atoms with E-state index in [1.807, 2.05) is 19.9 Å². The molecule has 2 heterocycles. The van der Waals surface area contributed by atoms with Crippen molar-refractivity contribution in [3.63, 3.8) is 0 Å². The number of nitrogens with zero attached hydrogens (tertiary/aromatic N) is 2. The summed E-state index contributed by atoms with van der Waals surface area (Å²) >= 11 is 1.02. The van der Waals surface area contributed by atoms with E-state index in [0.717, 1.165) is 22.9 Å². The molecule has 0 radical (unpaired) electrons. The quantitative estimate of drug-likeness (QED) is 0.688. The fourth-order valence-corrected chi connectivity index (χ4v) is 6.62. The molecule has 0 spiro atoms. The molecule has 3 rings (SSSR count). The van der Waals surface area contributed by atoms with Gasteiger partial charge in [-0.05, 0) is 62.8 Å². The van der Waals surface area contributed by atoms with Crippen molar-refractivity contribution in [3.8, 4) is 0 Å². The second kappa shape index (κ2) is 9.30. The van der Waals surface area contributed by atoms with E-state index in [0.29, 0.717) is 37.1 Å². The molecule has 3 amide bonds. The summed E-state index contributed by atoms with van der Waals surface area (Å²) in [6.07, 6.45) is 1.16. The Hall–Kier alpha value is -1.91. The molecule has 0 aliphatic carbocycles. The van der Waals surface area contributed by atoms with Crippen molar-refractivity contribution in [1.29, 1.82) is 0 Å². The highest BCUT2D eigenvalue weighted by molar-refractivity contribution is 8.14. The number of sulfonamides is 1. The first-order valence-electron chi connectivity index (χ1n) is 10.4. The molecule has 10 heteroatoms. The predicted octanol–water partition coefficient (Wildman–Crippen LogP) is 2.28. The maximum absolute atomic E-state index is 12.9. The second-order valence-corrected chi connectivity index (χ2v) is 10.8. The van der Waals surface area contributed by atoms with Gasteiger partial charge in [-0.1, -0.05) is 17.8 Å². The lowest BCUT2D eigenvalue weighted by Crippen LogP contribution is -2.48. The van der Waals surface area contributed by atoms with E-state index in [4.69, 9.17) is 0 Å². The van der Waals surface area contributed by atoms with Crippen LogP contribution in [0.4, 0.5) is 4.79 Å². The average Bonchev–Trinajstić information content (AvgIpc) is 3.04. The van der Waals surface area contributed by atoms with E-state index >= 15 is 0 Å². The molecule has 8 nitrogen and oxygen atoms in total. The third kappa shape index (κ3) is 4.96. The van der Waals surface area contributed by atoms with Gasteiger partial charge in [0.15, 0.2) is 0 Å². The molecule has 1 aromatic carbocycles. The number of carbonyl (C=O) groups excluding carboxylic acids is 3. The highest BCUT2D eigenvalue weighted by Crippen LogP contribution is 2.27. The zero-order chi connectivity index (χ0) is 22.9. The Kier molecular flexibility index (Phi) is 7.12. The molecule has 0 bridgehead atoms. The van der Waals surface area contributed by atoms with Gasteiger partial charge in [0.05, 0.1) is 10.6 Å².